The van der Waals surface area contributed by atoms with E-state index in [0.29, 0.717) is 28.1 Å². The molecule has 41 heavy (non-hydrogen) atoms. The lowest BCUT2D eigenvalue weighted by Crippen LogP contribution is -2.52. The molecule has 4 aliphatic heterocycles. The van der Waals surface area contributed by atoms with E-state index in [-0.39, 0.29) is 41.5 Å². The van der Waals surface area contributed by atoms with Crippen LogP contribution < -0.4 is 20.1 Å². The number of nitrogens with one attached hydrogen (secondary N) is 2. The van der Waals surface area contributed by atoms with E-state index in [4.69, 9.17) is 21.1 Å². The molecule has 6 atom stereocenters. The third-order valence-electron chi connectivity index (χ3n) is 10.5. The second kappa shape index (κ2) is 11.4. The molecular weight excluding hydrogens is 560 g/mol. The maximum atomic E-state index is 13.3. The van der Waals surface area contributed by atoms with Crippen molar-refractivity contribution in [3.63, 3.8) is 0 Å². The summed E-state index contributed by atoms with van der Waals surface area (Å²) in [6.07, 6.45) is 7.31. The molecule has 6 rings (SSSR count). The van der Waals surface area contributed by atoms with Crippen LogP contribution in [-0.2, 0) is 4.79 Å². The summed E-state index contributed by atoms with van der Waals surface area (Å²) < 4.78 is 13.0. The number of hydrogen-bond donors (Lipinski definition) is 2. The first-order valence-electron chi connectivity index (χ1n) is 15.3. The van der Waals surface area contributed by atoms with E-state index in [1.165, 1.54) is 26.2 Å². The summed E-state index contributed by atoms with van der Waals surface area (Å²) >= 11 is 8.37. The Labute approximate surface area is 253 Å². The zero-order valence-electron chi connectivity index (χ0n) is 25.0. The van der Waals surface area contributed by atoms with Crippen LogP contribution in [0.25, 0.3) is 0 Å². The molecule has 4 fully saturated rings. The first kappa shape index (κ1) is 29.4. The Morgan fingerprint density at radius 1 is 1.15 bits per heavy atom. The van der Waals surface area contributed by atoms with Crippen molar-refractivity contribution in [2.45, 2.75) is 76.0 Å². The Morgan fingerprint density at radius 3 is 2.46 bits per heavy atom. The maximum Gasteiger partial charge on any atom is 0.251 e. The number of carbonyl (C=O) groups is 2. The van der Waals surface area contributed by atoms with Crippen LogP contribution in [0.5, 0.6) is 11.5 Å². The van der Waals surface area contributed by atoms with Crippen LogP contribution in [0, 0.1) is 30.6 Å². The van der Waals surface area contributed by atoms with Crippen LogP contribution >= 0.6 is 23.4 Å². The van der Waals surface area contributed by atoms with Crippen LogP contribution in [0.4, 0.5) is 0 Å². The lowest BCUT2D eigenvalue weighted by molar-refractivity contribution is -0.127. The Hall–Kier alpha value is -1.68. The number of nitrogens with zero attached hydrogens (tertiary/aromatic N) is 2. The van der Waals surface area contributed by atoms with Crippen molar-refractivity contribution in [2.24, 2.45) is 23.7 Å². The number of halogens is 1. The van der Waals surface area contributed by atoms with Crippen molar-refractivity contribution < 1.29 is 19.1 Å². The summed E-state index contributed by atoms with van der Waals surface area (Å²) in [4.78, 5) is 31.2. The number of thioether (sulfide) groups is 1. The van der Waals surface area contributed by atoms with Gasteiger partial charge in [-0.05, 0) is 77.2 Å². The number of fused-ring (bicyclic) bond motifs is 2. The molecule has 0 bridgehead atoms. The second-order valence-electron chi connectivity index (χ2n) is 13.3. The van der Waals surface area contributed by atoms with Gasteiger partial charge in [-0.25, -0.2) is 0 Å². The fourth-order valence-electron chi connectivity index (χ4n) is 8.15. The lowest BCUT2D eigenvalue weighted by atomic mass is 9.81. The highest BCUT2D eigenvalue weighted by molar-refractivity contribution is 7.99. The first-order chi connectivity index (χ1) is 19.6. The number of carbonyl (C=O) groups excluding carboxylic acids is 2. The molecule has 4 heterocycles. The van der Waals surface area contributed by atoms with Gasteiger partial charge in [-0.1, -0.05) is 11.6 Å². The minimum Gasteiger partial charge on any atom is -0.448 e. The summed E-state index contributed by atoms with van der Waals surface area (Å²) in [5.41, 5.74) is 1.18. The van der Waals surface area contributed by atoms with E-state index in [1.807, 2.05) is 27.0 Å². The van der Waals surface area contributed by atoms with Gasteiger partial charge in [0.2, 0.25) is 5.91 Å². The molecule has 8 nitrogen and oxygen atoms in total. The van der Waals surface area contributed by atoms with E-state index in [9.17, 15) is 9.59 Å². The molecule has 3 saturated heterocycles. The van der Waals surface area contributed by atoms with E-state index in [2.05, 4.69) is 27.5 Å². The predicted molar refractivity (Wildman–Crippen MR) is 163 cm³/mol. The van der Waals surface area contributed by atoms with Crippen molar-refractivity contribution in [1.29, 1.82) is 0 Å². The van der Waals surface area contributed by atoms with Crippen LogP contribution in [0.2, 0.25) is 5.02 Å². The van der Waals surface area contributed by atoms with E-state index in [0.717, 1.165) is 49.5 Å². The van der Waals surface area contributed by atoms with Gasteiger partial charge in [-0.15, -0.1) is 0 Å². The molecular formula is C31H45ClN4O4S. The van der Waals surface area contributed by atoms with Crippen molar-refractivity contribution in [3.8, 4) is 11.5 Å². The van der Waals surface area contributed by atoms with Gasteiger partial charge in [0.05, 0.1) is 10.9 Å². The van der Waals surface area contributed by atoms with Crippen LogP contribution in [0.1, 0.15) is 61.9 Å². The summed E-state index contributed by atoms with van der Waals surface area (Å²) in [6.45, 7) is 11.2. The highest BCUT2D eigenvalue weighted by atomic mass is 35.5. The molecule has 0 radical (unpaired) electrons. The average molecular weight is 605 g/mol. The van der Waals surface area contributed by atoms with E-state index < -0.39 is 5.79 Å². The molecule has 1 aromatic rings. The molecule has 1 aromatic carbocycles. The number of piperidine rings is 1. The average Bonchev–Trinajstić information content (AvgIpc) is 3.61. The first-order valence-corrected chi connectivity index (χ1v) is 17.0. The van der Waals surface area contributed by atoms with Gasteiger partial charge in [0.1, 0.15) is 0 Å². The molecule has 2 amide bonds. The number of rotatable bonds is 6. The molecule has 5 aliphatic rings. The monoisotopic (exact) mass is 604 g/mol. The molecule has 10 heteroatoms. The number of amides is 2. The standard InChI is InChI=1S/C31H45ClN4O4S/c1-17-10-26(41-5)24(30(38)34-17)12-33-29(37)23-11-25(32)28-27(18(23)2)39-31(3,40-28)21-6-8-22(9-7-21)36-15-19-13-35(4)14-20(19)16-36/h11,17,19-22,24,26H,6-10,12-16H2,1-5H3,(H,33,37)(H,34,38). The van der Waals surface area contributed by atoms with Crippen LogP contribution in [0.15, 0.2) is 6.07 Å². The van der Waals surface area contributed by atoms with Crippen molar-refractivity contribution in [1.82, 2.24) is 20.4 Å². The zero-order chi connectivity index (χ0) is 29.1. The third-order valence-corrected chi connectivity index (χ3v) is 11.9. The molecule has 6 unspecified atom stereocenters. The largest absolute Gasteiger partial charge is 0.448 e. The fraction of sp³-hybridized carbons (Fsp3) is 0.742. The minimum absolute atomic E-state index is 0.00507. The summed E-state index contributed by atoms with van der Waals surface area (Å²) in [5, 5.41) is 6.56. The highest BCUT2D eigenvalue weighted by Crippen LogP contribution is 2.52. The number of ether oxygens (including phenoxy) is 2. The summed E-state index contributed by atoms with van der Waals surface area (Å²) in [6, 6.07) is 2.47. The number of likely N-dealkylation sites (tertiary alicyclic amines) is 2. The SMILES string of the molecule is CSC1CC(C)NC(=O)C1CNC(=O)c1cc(Cl)c2c(c1C)OC(C)(C1CCC(N3CC4CN(C)CC4C3)CC1)O2. The Balaban J connectivity index is 1.08. The normalized spacial score (nSPS) is 37.2. The Morgan fingerprint density at radius 2 is 1.80 bits per heavy atom. The van der Waals surface area contributed by atoms with Gasteiger partial charge in [0, 0.05) is 74.0 Å². The molecule has 2 N–H and O–H groups in total. The molecule has 0 aromatic heterocycles. The summed E-state index contributed by atoms with van der Waals surface area (Å²) in [7, 11) is 2.25. The number of benzene rings is 1. The summed E-state index contributed by atoms with van der Waals surface area (Å²) in [5.74, 6) is 1.69. The van der Waals surface area contributed by atoms with Gasteiger partial charge in [0.15, 0.2) is 11.5 Å². The van der Waals surface area contributed by atoms with Gasteiger partial charge in [-0.2, -0.15) is 11.8 Å². The lowest BCUT2D eigenvalue weighted by Gasteiger charge is -2.40. The Bertz CT molecular complexity index is 1180. The quantitative estimate of drug-likeness (QED) is 0.504. The van der Waals surface area contributed by atoms with E-state index >= 15 is 0 Å². The Kier molecular flexibility index (Phi) is 8.20. The second-order valence-corrected chi connectivity index (χ2v) is 14.8. The van der Waals surface area contributed by atoms with Gasteiger partial charge >= 0.3 is 0 Å². The highest BCUT2D eigenvalue weighted by Gasteiger charge is 2.49. The van der Waals surface area contributed by atoms with Crippen molar-refractivity contribution in [2.75, 3.05) is 46.0 Å². The topological polar surface area (TPSA) is 83.1 Å². The predicted octanol–water partition coefficient (Wildman–Crippen LogP) is 4.17. The van der Waals surface area contributed by atoms with Crippen molar-refractivity contribution >= 4 is 35.2 Å². The maximum absolute atomic E-state index is 13.3. The number of hydrogen-bond acceptors (Lipinski definition) is 7. The van der Waals surface area contributed by atoms with E-state index in [1.54, 1.807) is 17.8 Å². The van der Waals surface area contributed by atoms with Crippen LogP contribution in [0.3, 0.4) is 0 Å². The van der Waals surface area contributed by atoms with Gasteiger partial charge in [-0.3, -0.25) is 14.5 Å². The van der Waals surface area contributed by atoms with Gasteiger partial charge in [0.25, 0.3) is 11.7 Å². The third kappa shape index (κ3) is 5.56. The molecule has 226 valence electrons. The van der Waals surface area contributed by atoms with Crippen molar-refractivity contribution in [3.05, 3.63) is 22.2 Å². The smallest absolute Gasteiger partial charge is 0.251 e. The minimum atomic E-state index is -0.802. The van der Waals surface area contributed by atoms with Crippen LogP contribution in [-0.4, -0.2) is 90.8 Å². The van der Waals surface area contributed by atoms with Gasteiger partial charge < -0.3 is 25.0 Å². The molecule has 1 saturated carbocycles. The fourth-order valence-corrected chi connectivity index (χ4v) is 9.41. The zero-order valence-corrected chi connectivity index (χ0v) is 26.6. The molecule has 0 spiro atoms. The molecule has 1 aliphatic carbocycles.